The van der Waals surface area contributed by atoms with Gasteiger partial charge in [-0.25, -0.2) is 9.59 Å². The van der Waals surface area contributed by atoms with E-state index in [0.717, 1.165) is 6.92 Å². The highest BCUT2D eigenvalue weighted by molar-refractivity contribution is 6.19. The lowest BCUT2D eigenvalue weighted by Crippen LogP contribution is -2.73. The number of urea groups is 1. The first-order valence-electron chi connectivity index (χ1n) is 10.0. The normalized spacial score (nSPS) is 13.0. The van der Waals surface area contributed by atoms with E-state index in [2.05, 4.69) is 5.32 Å². The second kappa shape index (κ2) is 10.9. The molecule has 184 valence electrons. The van der Waals surface area contributed by atoms with Crippen molar-refractivity contribution in [3.63, 3.8) is 0 Å². The van der Waals surface area contributed by atoms with E-state index < -0.39 is 47.8 Å². The van der Waals surface area contributed by atoms with Crippen LogP contribution < -0.4 is 27.0 Å². The van der Waals surface area contributed by atoms with Crippen molar-refractivity contribution >= 4 is 46.9 Å². The molecular formula is C22H24N6O7. The molecule has 13 heteroatoms. The molecule has 35 heavy (non-hydrogen) atoms. The minimum absolute atomic E-state index is 0.123. The number of amides is 3. The molecule has 0 saturated heterocycles. The van der Waals surface area contributed by atoms with Crippen LogP contribution >= 0.6 is 0 Å². The number of amidine groups is 1. The zero-order valence-electron chi connectivity index (χ0n) is 18.5. The number of Topliss-reactive ketones (excluding diaryl/α,β-unsaturated/α-hetero) is 1. The Bertz CT molecular complexity index is 1140. The van der Waals surface area contributed by atoms with Crippen molar-refractivity contribution < 1.29 is 34.2 Å². The maximum atomic E-state index is 13.2. The molecule has 0 unspecified atom stereocenters. The Morgan fingerprint density at radius 2 is 1.60 bits per heavy atom. The Labute approximate surface area is 199 Å². The molecule has 0 radical (unpaired) electrons. The van der Waals surface area contributed by atoms with Crippen LogP contribution in [0.25, 0.3) is 0 Å². The van der Waals surface area contributed by atoms with Crippen LogP contribution in [0.3, 0.4) is 0 Å². The molecule has 0 aliphatic rings. The van der Waals surface area contributed by atoms with Crippen LogP contribution in [-0.2, 0) is 19.2 Å². The van der Waals surface area contributed by atoms with E-state index in [0.29, 0.717) is 10.5 Å². The van der Waals surface area contributed by atoms with Gasteiger partial charge in [0.1, 0.15) is 5.84 Å². The minimum Gasteiger partial charge on any atom is -0.481 e. The van der Waals surface area contributed by atoms with Crippen LogP contribution in [-0.4, -0.2) is 57.4 Å². The highest BCUT2D eigenvalue weighted by Gasteiger charge is 2.54. The fraction of sp³-hybridized carbons (Fsp3) is 0.182. The highest BCUT2D eigenvalue weighted by Crippen LogP contribution is 2.26. The number of hydrogen-bond donors (Lipinski definition) is 7. The van der Waals surface area contributed by atoms with Gasteiger partial charge in [0.25, 0.3) is 5.66 Å². The smallest absolute Gasteiger partial charge is 0.359 e. The summed E-state index contributed by atoms with van der Waals surface area (Å²) in [6.07, 6.45) is -0.857. The SMILES string of the molecule is CC(=O)[C@@](NC(=O)Nc1ccc(C(=N)N)cc1)(C(=O)O)N(C(=O)[C@@H](N)CC(=O)O)c1ccccc1. The first kappa shape index (κ1) is 26.5. The maximum absolute atomic E-state index is 13.2. The molecule has 2 aromatic rings. The van der Waals surface area contributed by atoms with Gasteiger partial charge in [-0.05, 0) is 43.3 Å². The number of ketones is 1. The number of carboxylic acid groups (broad SMARTS) is 2. The summed E-state index contributed by atoms with van der Waals surface area (Å²) in [5, 5.41) is 30.9. The zero-order valence-corrected chi connectivity index (χ0v) is 18.5. The van der Waals surface area contributed by atoms with Crippen LogP contribution in [0.5, 0.6) is 0 Å². The number of nitrogens with one attached hydrogen (secondary N) is 3. The summed E-state index contributed by atoms with van der Waals surface area (Å²) in [6, 6.07) is 9.78. The van der Waals surface area contributed by atoms with Gasteiger partial charge in [-0.3, -0.25) is 30.0 Å². The van der Waals surface area contributed by atoms with Crippen molar-refractivity contribution in [1.29, 1.82) is 5.41 Å². The molecule has 0 aromatic heterocycles. The molecule has 2 atom stereocenters. The largest absolute Gasteiger partial charge is 0.481 e. The van der Waals surface area contributed by atoms with Gasteiger partial charge in [0, 0.05) is 16.9 Å². The third-order valence-corrected chi connectivity index (χ3v) is 4.85. The number of para-hydroxylation sites is 1. The summed E-state index contributed by atoms with van der Waals surface area (Å²) < 4.78 is 0. The van der Waals surface area contributed by atoms with Gasteiger partial charge in [0.2, 0.25) is 5.91 Å². The average Bonchev–Trinajstić information content (AvgIpc) is 2.78. The Morgan fingerprint density at radius 3 is 2.06 bits per heavy atom. The van der Waals surface area contributed by atoms with Crippen molar-refractivity contribution in [2.75, 3.05) is 10.2 Å². The Hall–Kier alpha value is -4.78. The molecular weight excluding hydrogens is 460 g/mol. The zero-order chi connectivity index (χ0) is 26.3. The summed E-state index contributed by atoms with van der Waals surface area (Å²) in [6.45, 7) is 0.849. The summed E-state index contributed by atoms with van der Waals surface area (Å²) in [4.78, 5) is 62.8. The Kier molecular flexibility index (Phi) is 8.24. The minimum atomic E-state index is -2.97. The first-order chi connectivity index (χ1) is 16.4. The number of hydrogen-bond acceptors (Lipinski definition) is 7. The fourth-order valence-electron chi connectivity index (χ4n) is 3.17. The predicted molar refractivity (Wildman–Crippen MR) is 125 cm³/mol. The van der Waals surface area contributed by atoms with Crippen LogP contribution in [0.2, 0.25) is 0 Å². The van der Waals surface area contributed by atoms with E-state index in [9.17, 15) is 29.1 Å². The monoisotopic (exact) mass is 484 g/mol. The number of carbonyl (C=O) groups is 5. The molecule has 0 fully saturated rings. The van der Waals surface area contributed by atoms with Crippen molar-refractivity contribution in [2.24, 2.45) is 11.5 Å². The highest BCUT2D eigenvalue weighted by atomic mass is 16.4. The van der Waals surface area contributed by atoms with Gasteiger partial charge < -0.3 is 27.0 Å². The number of benzene rings is 2. The van der Waals surface area contributed by atoms with Crippen LogP contribution in [0.1, 0.15) is 18.9 Å². The number of aliphatic carboxylic acids is 2. The van der Waals surface area contributed by atoms with Gasteiger partial charge in [-0.1, -0.05) is 18.2 Å². The summed E-state index contributed by atoms with van der Waals surface area (Å²) in [7, 11) is 0. The van der Waals surface area contributed by atoms with Gasteiger partial charge >= 0.3 is 18.0 Å². The number of nitrogens with zero attached hydrogens (tertiary/aromatic N) is 1. The number of carbonyl (C=O) groups excluding carboxylic acids is 3. The molecule has 0 bridgehead atoms. The summed E-state index contributed by atoms with van der Waals surface area (Å²) in [5.74, 6) is -5.93. The van der Waals surface area contributed by atoms with Crippen molar-refractivity contribution in [2.45, 2.75) is 25.0 Å². The van der Waals surface area contributed by atoms with E-state index in [1.165, 1.54) is 48.5 Å². The lowest BCUT2D eigenvalue weighted by Gasteiger charge is -2.40. The van der Waals surface area contributed by atoms with Gasteiger partial charge in [-0.15, -0.1) is 0 Å². The van der Waals surface area contributed by atoms with E-state index in [1.54, 1.807) is 6.07 Å². The molecule has 0 saturated carbocycles. The number of anilines is 2. The number of nitrogens with two attached hydrogens (primary N) is 2. The van der Waals surface area contributed by atoms with Crippen molar-refractivity contribution in [1.82, 2.24) is 5.32 Å². The van der Waals surface area contributed by atoms with Crippen LogP contribution in [0, 0.1) is 5.41 Å². The summed E-state index contributed by atoms with van der Waals surface area (Å²) >= 11 is 0. The number of rotatable bonds is 10. The quantitative estimate of drug-likeness (QED) is 0.106. The number of nitrogen functional groups attached to an aromatic ring is 1. The lowest BCUT2D eigenvalue weighted by atomic mass is 9.99. The first-order valence-corrected chi connectivity index (χ1v) is 10.0. The third-order valence-electron chi connectivity index (χ3n) is 4.85. The molecule has 9 N–H and O–H groups in total. The van der Waals surface area contributed by atoms with Crippen molar-refractivity contribution in [3.8, 4) is 0 Å². The molecule has 2 rings (SSSR count). The molecule has 3 amide bonds. The van der Waals surface area contributed by atoms with Crippen molar-refractivity contribution in [3.05, 3.63) is 60.2 Å². The van der Waals surface area contributed by atoms with E-state index in [-0.39, 0.29) is 17.2 Å². The standard InChI is InChI=1S/C22H24N6O7/c1-12(29)22(20(33)34,27-21(35)26-14-9-7-13(8-10-14)18(24)25)28(15-5-3-2-4-6-15)19(32)16(23)11-17(30)31/h2-10,16H,11,23H2,1H3,(H3,24,25)(H,30,31)(H,33,34)(H2,26,27,35)/t16-,22-/m0/s1. The maximum Gasteiger partial charge on any atom is 0.359 e. The van der Waals surface area contributed by atoms with Gasteiger partial charge in [-0.2, -0.15) is 0 Å². The second-order valence-electron chi connectivity index (χ2n) is 7.36. The molecule has 0 aliphatic carbocycles. The third kappa shape index (κ3) is 5.97. The van der Waals surface area contributed by atoms with Gasteiger partial charge in [0.15, 0.2) is 5.78 Å². The molecule has 0 heterocycles. The fourth-order valence-corrected chi connectivity index (χ4v) is 3.17. The van der Waals surface area contributed by atoms with Crippen LogP contribution in [0.4, 0.5) is 16.2 Å². The lowest BCUT2D eigenvalue weighted by molar-refractivity contribution is -0.151. The average molecular weight is 484 g/mol. The Morgan fingerprint density at radius 1 is 1.03 bits per heavy atom. The van der Waals surface area contributed by atoms with E-state index in [4.69, 9.17) is 22.0 Å². The van der Waals surface area contributed by atoms with Crippen LogP contribution in [0.15, 0.2) is 54.6 Å². The Balaban J connectivity index is 2.53. The van der Waals surface area contributed by atoms with E-state index >= 15 is 0 Å². The molecule has 13 nitrogen and oxygen atoms in total. The second-order valence-corrected chi connectivity index (χ2v) is 7.36. The molecule has 0 spiro atoms. The molecule has 0 aliphatic heterocycles. The molecule has 2 aromatic carbocycles. The van der Waals surface area contributed by atoms with Gasteiger partial charge in [0.05, 0.1) is 12.5 Å². The topological polar surface area (TPSA) is 229 Å². The summed E-state index contributed by atoms with van der Waals surface area (Å²) in [5.41, 5.74) is 8.53. The van der Waals surface area contributed by atoms with E-state index in [1.807, 2.05) is 5.32 Å². The number of carboxylic acids is 2. The predicted octanol–water partition coefficient (Wildman–Crippen LogP) is 0.297.